The molecule has 0 fully saturated rings. The normalized spacial score (nSPS) is 12.6. The Bertz CT molecular complexity index is 457. The molecule has 1 aromatic rings. The Hall–Kier alpha value is -1.07. The van der Waals surface area contributed by atoms with E-state index in [1.165, 1.54) is 13.2 Å². The van der Waals surface area contributed by atoms with E-state index < -0.39 is 6.10 Å². The number of hydrogen-bond donors (Lipinski definition) is 2. The highest BCUT2D eigenvalue weighted by molar-refractivity contribution is 6.34. The summed E-state index contributed by atoms with van der Waals surface area (Å²) in [5.41, 5.74) is 0.747. The topological polar surface area (TPSA) is 58.6 Å². The van der Waals surface area contributed by atoms with Crippen LogP contribution in [0.3, 0.4) is 0 Å². The number of aliphatic hydroxyl groups is 1. The number of nitrogens with one attached hydrogen (secondary N) is 1. The zero-order chi connectivity index (χ0) is 15.0. The van der Waals surface area contributed by atoms with Crippen LogP contribution in [-0.2, 0) is 9.53 Å². The number of hydrogen-bond acceptors (Lipinski definition) is 3. The Balaban J connectivity index is 2.40. The molecule has 1 atom stereocenters. The van der Waals surface area contributed by atoms with Crippen LogP contribution in [0.1, 0.15) is 12.0 Å². The maximum atomic E-state index is 11.5. The second-order valence-corrected chi connectivity index (χ2v) is 5.10. The summed E-state index contributed by atoms with van der Waals surface area (Å²) in [4.78, 5) is 11.5. The van der Waals surface area contributed by atoms with Gasteiger partial charge in [0.05, 0.1) is 12.7 Å². The summed E-state index contributed by atoms with van der Waals surface area (Å²) in [5, 5.41) is 13.1. The lowest BCUT2D eigenvalue weighted by Crippen LogP contribution is -2.27. The molecule has 2 N–H and O–H groups in total. The monoisotopic (exact) mass is 317 g/mol. The van der Waals surface area contributed by atoms with Gasteiger partial charge in [-0.3, -0.25) is 4.79 Å². The van der Waals surface area contributed by atoms with Gasteiger partial charge in [0.15, 0.2) is 0 Å². The summed E-state index contributed by atoms with van der Waals surface area (Å²) in [6, 6.07) is 5.04. The number of rotatable bonds is 7. The van der Waals surface area contributed by atoms with Crippen LogP contribution in [0.25, 0.3) is 6.08 Å². The van der Waals surface area contributed by atoms with Crippen LogP contribution in [0, 0.1) is 0 Å². The molecule has 1 aromatic carbocycles. The van der Waals surface area contributed by atoms with Crippen molar-refractivity contribution in [3.05, 3.63) is 39.9 Å². The molecule has 6 heteroatoms. The molecule has 20 heavy (non-hydrogen) atoms. The molecule has 0 aliphatic rings. The second kappa shape index (κ2) is 8.97. The van der Waals surface area contributed by atoms with Crippen molar-refractivity contribution in [1.29, 1.82) is 0 Å². The standard InChI is InChI=1S/C14H17Cl2NO3/c1-20-9-13(18)4-5-17-14(19)3-2-10-6-11(15)8-12(16)7-10/h2-3,6-8,13,18H,4-5,9H2,1H3,(H,17,19)/b3-2+. The van der Waals surface area contributed by atoms with Crippen molar-refractivity contribution in [2.45, 2.75) is 12.5 Å². The van der Waals surface area contributed by atoms with Gasteiger partial charge in [0.25, 0.3) is 0 Å². The Morgan fingerprint density at radius 1 is 1.40 bits per heavy atom. The molecule has 0 aliphatic heterocycles. The molecule has 110 valence electrons. The van der Waals surface area contributed by atoms with Crippen molar-refractivity contribution in [2.24, 2.45) is 0 Å². The highest BCUT2D eigenvalue weighted by Gasteiger charge is 2.03. The first kappa shape index (κ1) is 17.0. The molecule has 1 amide bonds. The van der Waals surface area contributed by atoms with Crippen LogP contribution in [0.15, 0.2) is 24.3 Å². The van der Waals surface area contributed by atoms with E-state index in [4.69, 9.17) is 27.9 Å². The van der Waals surface area contributed by atoms with E-state index in [2.05, 4.69) is 5.32 Å². The minimum atomic E-state index is -0.573. The van der Waals surface area contributed by atoms with E-state index in [0.717, 1.165) is 5.56 Å². The van der Waals surface area contributed by atoms with Crippen LogP contribution in [-0.4, -0.2) is 37.4 Å². The number of amides is 1. The van der Waals surface area contributed by atoms with Crippen LogP contribution < -0.4 is 5.32 Å². The van der Waals surface area contributed by atoms with Gasteiger partial charge < -0.3 is 15.2 Å². The summed E-state index contributed by atoms with van der Waals surface area (Å²) >= 11 is 11.7. The van der Waals surface area contributed by atoms with Crippen molar-refractivity contribution in [3.63, 3.8) is 0 Å². The minimum Gasteiger partial charge on any atom is -0.391 e. The predicted octanol–water partition coefficient (Wildman–Crippen LogP) is 2.52. The van der Waals surface area contributed by atoms with Crippen molar-refractivity contribution in [2.75, 3.05) is 20.3 Å². The van der Waals surface area contributed by atoms with E-state index in [1.54, 1.807) is 24.3 Å². The molecule has 0 saturated carbocycles. The van der Waals surface area contributed by atoms with Gasteiger partial charge in [0.2, 0.25) is 5.91 Å². The molecule has 0 saturated heterocycles. The summed E-state index contributed by atoms with van der Waals surface area (Å²) in [6.07, 6.45) is 2.88. The Labute approximate surface area is 128 Å². The smallest absolute Gasteiger partial charge is 0.244 e. The fourth-order valence-electron chi connectivity index (χ4n) is 1.54. The van der Waals surface area contributed by atoms with Gasteiger partial charge in [-0.25, -0.2) is 0 Å². The highest BCUT2D eigenvalue weighted by atomic mass is 35.5. The van der Waals surface area contributed by atoms with Crippen molar-refractivity contribution >= 4 is 35.2 Å². The molecule has 1 rings (SSSR count). The summed E-state index contributed by atoms with van der Waals surface area (Å²) in [6.45, 7) is 0.636. The fourth-order valence-corrected chi connectivity index (χ4v) is 2.08. The first-order valence-electron chi connectivity index (χ1n) is 6.10. The van der Waals surface area contributed by atoms with Crippen molar-refractivity contribution in [1.82, 2.24) is 5.32 Å². The number of carbonyl (C=O) groups is 1. The first-order valence-corrected chi connectivity index (χ1v) is 6.86. The molecule has 0 heterocycles. The zero-order valence-electron chi connectivity index (χ0n) is 11.1. The number of carbonyl (C=O) groups excluding carboxylic acids is 1. The maximum Gasteiger partial charge on any atom is 0.244 e. The van der Waals surface area contributed by atoms with Crippen LogP contribution in [0.2, 0.25) is 10.0 Å². The number of methoxy groups -OCH3 is 1. The third kappa shape index (κ3) is 6.91. The van der Waals surface area contributed by atoms with E-state index >= 15 is 0 Å². The van der Waals surface area contributed by atoms with Gasteiger partial charge in [-0.05, 0) is 36.3 Å². The Morgan fingerprint density at radius 2 is 2.05 bits per heavy atom. The number of benzene rings is 1. The minimum absolute atomic E-state index is 0.245. The van der Waals surface area contributed by atoms with Gasteiger partial charge in [-0.15, -0.1) is 0 Å². The third-order valence-corrected chi connectivity index (χ3v) is 2.88. The Kier molecular flexibility index (Phi) is 7.62. The molecular weight excluding hydrogens is 301 g/mol. The number of ether oxygens (including phenoxy) is 1. The average Bonchev–Trinajstić information content (AvgIpc) is 2.35. The SMILES string of the molecule is COCC(O)CCNC(=O)/C=C/c1cc(Cl)cc(Cl)c1. The lowest BCUT2D eigenvalue weighted by Gasteiger charge is -2.08. The predicted molar refractivity (Wildman–Crippen MR) is 81.0 cm³/mol. The third-order valence-electron chi connectivity index (χ3n) is 2.45. The van der Waals surface area contributed by atoms with Crippen LogP contribution >= 0.6 is 23.2 Å². The van der Waals surface area contributed by atoms with Gasteiger partial charge in [0, 0.05) is 29.8 Å². The Morgan fingerprint density at radius 3 is 2.65 bits per heavy atom. The van der Waals surface area contributed by atoms with E-state index in [0.29, 0.717) is 23.0 Å². The summed E-state index contributed by atoms with van der Waals surface area (Å²) in [7, 11) is 1.51. The molecule has 0 radical (unpaired) electrons. The van der Waals surface area contributed by atoms with Crippen molar-refractivity contribution < 1.29 is 14.6 Å². The summed E-state index contributed by atoms with van der Waals surface area (Å²) in [5.74, 6) is -0.245. The molecular formula is C14H17Cl2NO3. The summed E-state index contributed by atoms with van der Waals surface area (Å²) < 4.78 is 4.79. The van der Waals surface area contributed by atoms with Gasteiger partial charge in [0.1, 0.15) is 0 Å². The molecule has 0 aromatic heterocycles. The van der Waals surface area contributed by atoms with Gasteiger partial charge >= 0.3 is 0 Å². The molecule has 4 nitrogen and oxygen atoms in total. The first-order chi connectivity index (χ1) is 9.51. The fraction of sp³-hybridized carbons (Fsp3) is 0.357. The lowest BCUT2D eigenvalue weighted by atomic mass is 10.2. The maximum absolute atomic E-state index is 11.5. The molecule has 0 aliphatic carbocycles. The highest BCUT2D eigenvalue weighted by Crippen LogP contribution is 2.19. The van der Waals surface area contributed by atoms with Gasteiger partial charge in [-0.2, -0.15) is 0 Å². The van der Waals surface area contributed by atoms with Gasteiger partial charge in [-0.1, -0.05) is 23.2 Å². The van der Waals surface area contributed by atoms with Crippen molar-refractivity contribution in [3.8, 4) is 0 Å². The largest absolute Gasteiger partial charge is 0.391 e. The molecule has 1 unspecified atom stereocenters. The van der Waals surface area contributed by atoms with E-state index in [1.807, 2.05) is 0 Å². The van der Waals surface area contributed by atoms with E-state index in [9.17, 15) is 9.90 Å². The van der Waals surface area contributed by atoms with Crippen LogP contribution in [0.4, 0.5) is 0 Å². The number of halogens is 2. The molecule has 0 bridgehead atoms. The quantitative estimate of drug-likeness (QED) is 0.760. The molecule has 0 spiro atoms. The average molecular weight is 318 g/mol. The van der Waals surface area contributed by atoms with Crippen LogP contribution in [0.5, 0.6) is 0 Å². The lowest BCUT2D eigenvalue weighted by molar-refractivity contribution is -0.116. The van der Waals surface area contributed by atoms with E-state index in [-0.39, 0.29) is 12.5 Å². The zero-order valence-corrected chi connectivity index (χ0v) is 12.6. The number of aliphatic hydroxyl groups excluding tert-OH is 1. The second-order valence-electron chi connectivity index (χ2n) is 4.22.